The molecule has 14 heteroatoms. The summed E-state index contributed by atoms with van der Waals surface area (Å²) in [7, 11) is 0. The van der Waals surface area contributed by atoms with Crippen molar-refractivity contribution in [3.63, 3.8) is 0 Å². The van der Waals surface area contributed by atoms with Gasteiger partial charge >= 0.3 is 20.1 Å². The Morgan fingerprint density at radius 2 is 0.868 bits per heavy atom. The van der Waals surface area contributed by atoms with Gasteiger partial charge in [-0.3, -0.25) is 13.8 Å². The summed E-state index contributed by atoms with van der Waals surface area (Å²) in [5.41, 5.74) is 5.82. The molecule has 0 unspecified atom stereocenters. The number of benzene rings is 6. The number of carboxylic acids is 1. The first-order valence-electron chi connectivity index (χ1n) is 24.3. The Kier molecular flexibility index (Phi) is 18.0. The Labute approximate surface area is 451 Å². The molecule has 0 aliphatic rings. The van der Waals surface area contributed by atoms with Gasteiger partial charge in [-0.05, 0) is 85.6 Å². The minimum absolute atomic E-state index is 0. The number of aromatic nitrogens is 5. The summed E-state index contributed by atoms with van der Waals surface area (Å²) in [6.07, 6.45) is 7.90. The quantitative estimate of drug-likeness (QED) is 0.0720. The Morgan fingerprint density at radius 3 is 1.18 bits per heavy atom. The third-order valence-electron chi connectivity index (χ3n) is 12.4. The van der Waals surface area contributed by atoms with Crippen LogP contribution in [0, 0.1) is 46.4 Å². The molecule has 5 heterocycles. The van der Waals surface area contributed by atoms with E-state index in [1.807, 2.05) is 12.1 Å². The summed E-state index contributed by atoms with van der Waals surface area (Å²) < 4.78 is 46.0. The van der Waals surface area contributed by atoms with Gasteiger partial charge in [0.15, 0.2) is 0 Å². The number of carbonyl (C=O) groups excluding carboxylic acids is 1. The summed E-state index contributed by atoms with van der Waals surface area (Å²) in [5, 5.41) is 34.0. The van der Waals surface area contributed by atoms with Crippen molar-refractivity contribution in [2.24, 2.45) is 0 Å². The van der Waals surface area contributed by atoms with E-state index in [0.29, 0.717) is 24.6 Å². The van der Waals surface area contributed by atoms with Crippen LogP contribution in [0.1, 0.15) is 47.3 Å². The number of rotatable bonds is 15. The standard InChI is InChI=1S/2C28H21FN3O.C6H5NO2.Ir/c2*29-28-22(24-11-5-6-16-31-24)14-15-27(23(28)19-30)33-18-8-7-17-32-25-12-3-1-9-20(25)21-10-2-4-13-26(21)32;8-6(9)5-3-1-2-4-7-5;/h2*1-6,9-13,15-16H,7-8,17-18H2;1-4H,(H,8,9);/q2*-1;;+3/p-1. The Hall–Kier alpha value is -9.07. The molecular formula is C62H46F2IrN7O4. The average molecular weight is 1180 g/mol. The fourth-order valence-electron chi connectivity index (χ4n) is 8.92. The molecule has 376 valence electrons. The maximum absolute atomic E-state index is 14.9. The number of pyridine rings is 3. The van der Waals surface area contributed by atoms with Crippen LogP contribution >= 0.6 is 0 Å². The van der Waals surface area contributed by atoms with Gasteiger partial charge in [0.2, 0.25) is 0 Å². The first-order valence-corrected chi connectivity index (χ1v) is 24.3. The number of fused-ring (bicyclic) bond motifs is 6. The van der Waals surface area contributed by atoms with Gasteiger partial charge in [0.25, 0.3) is 0 Å². The minimum Gasteiger partial charge on any atom is -0.543 e. The summed E-state index contributed by atoms with van der Waals surface area (Å²) in [6.45, 7) is 2.48. The summed E-state index contributed by atoms with van der Waals surface area (Å²) >= 11 is 0. The zero-order valence-corrected chi connectivity index (χ0v) is 43.2. The number of para-hydroxylation sites is 4. The molecule has 0 fully saturated rings. The van der Waals surface area contributed by atoms with Gasteiger partial charge in [-0.25, -0.2) is 0 Å². The summed E-state index contributed by atoms with van der Waals surface area (Å²) in [5.74, 6) is -2.12. The molecule has 0 radical (unpaired) electrons. The number of unbranched alkanes of at least 4 members (excludes halogenated alkanes) is 2. The van der Waals surface area contributed by atoms with E-state index in [1.165, 1.54) is 68.0 Å². The van der Waals surface area contributed by atoms with Gasteiger partial charge in [-0.2, -0.15) is 10.5 Å². The molecule has 0 aliphatic carbocycles. The molecule has 0 N–H and O–H groups in total. The number of aromatic carboxylic acids is 1. The van der Waals surface area contributed by atoms with Gasteiger partial charge in [0, 0.05) is 86.4 Å². The van der Waals surface area contributed by atoms with E-state index in [0.717, 1.165) is 38.8 Å². The molecule has 0 bridgehead atoms. The molecule has 11 aromatic rings. The smallest absolute Gasteiger partial charge is 0.543 e. The number of halogens is 2. The van der Waals surface area contributed by atoms with Crippen molar-refractivity contribution >= 4 is 49.6 Å². The third kappa shape index (κ3) is 12.0. The Balaban J connectivity index is 0.000000171. The van der Waals surface area contributed by atoms with Gasteiger partial charge in [0.05, 0.1) is 60.1 Å². The van der Waals surface area contributed by atoms with Crippen molar-refractivity contribution in [2.75, 3.05) is 13.2 Å². The molecule has 0 spiro atoms. The fraction of sp³-hybridized carbons (Fsp3) is 0.129. The normalized spacial score (nSPS) is 10.6. The van der Waals surface area contributed by atoms with Crippen molar-refractivity contribution in [1.82, 2.24) is 24.1 Å². The van der Waals surface area contributed by atoms with Crippen molar-refractivity contribution in [1.29, 1.82) is 10.5 Å². The zero-order chi connectivity index (χ0) is 51.9. The monoisotopic (exact) mass is 1180 g/mol. The zero-order valence-electron chi connectivity index (χ0n) is 40.8. The van der Waals surface area contributed by atoms with Crippen LogP contribution in [0.2, 0.25) is 0 Å². The molecule has 0 atom stereocenters. The maximum Gasteiger partial charge on any atom is 3.00 e. The van der Waals surface area contributed by atoms with E-state index in [2.05, 4.69) is 133 Å². The molecule has 5 aromatic heterocycles. The molecule has 11 rings (SSSR count). The van der Waals surface area contributed by atoms with Crippen LogP contribution < -0.4 is 14.6 Å². The van der Waals surface area contributed by atoms with Crippen LogP contribution in [0.15, 0.2) is 182 Å². The van der Waals surface area contributed by atoms with Gasteiger partial charge in [-0.1, -0.05) is 114 Å². The van der Waals surface area contributed by atoms with E-state index < -0.39 is 17.6 Å². The van der Waals surface area contributed by atoms with Gasteiger partial charge in [0.1, 0.15) is 0 Å². The van der Waals surface area contributed by atoms with Crippen molar-refractivity contribution in [3.8, 4) is 46.2 Å². The van der Waals surface area contributed by atoms with Crippen LogP contribution in [0.4, 0.5) is 8.78 Å². The van der Waals surface area contributed by atoms with E-state index in [1.54, 1.807) is 60.9 Å². The molecule has 6 aromatic carbocycles. The topological polar surface area (TPSA) is 155 Å². The van der Waals surface area contributed by atoms with Gasteiger partial charge < -0.3 is 38.5 Å². The minimum atomic E-state index is -1.24. The second-order valence-electron chi connectivity index (χ2n) is 17.1. The summed E-state index contributed by atoms with van der Waals surface area (Å²) in [6, 6.07) is 61.4. The summed E-state index contributed by atoms with van der Waals surface area (Å²) in [4.78, 5) is 21.8. The molecule has 0 saturated heterocycles. The fourth-order valence-corrected chi connectivity index (χ4v) is 8.92. The second kappa shape index (κ2) is 25.7. The van der Waals surface area contributed by atoms with Crippen molar-refractivity contribution in [3.05, 3.63) is 223 Å². The molecule has 0 amide bonds. The number of hydrogen-bond acceptors (Lipinski definition) is 9. The number of carbonyl (C=O) groups is 1. The second-order valence-corrected chi connectivity index (χ2v) is 17.1. The number of ether oxygens (including phenoxy) is 2. The average Bonchev–Trinajstić information content (AvgIpc) is 3.97. The third-order valence-corrected chi connectivity index (χ3v) is 12.4. The molecular weight excluding hydrogens is 1140 g/mol. The Morgan fingerprint density at radius 1 is 0.513 bits per heavy atom. The van der Waals surface area contributed by atoms with Gasteiger partial charge in [-0.15, -0.1) is 24.3 Å². The molecule has 11 nitrogen and oxygen atoms in total. The molecule has 76 heavy (non-hydrogen) atoms. The van der Waals surface area contributed by atoms with Crippen molar-refractivity contribution < 1.29 is 48.3 Å². The van der Waals surface area contributed by atoms with Crippen LogP contribution in [-0.4, -0.2) is 43.3 Å². The number of aryl methyl sites for hydroxylation is 2. The number of carboxylic acid groups (broad SMARTS) is 1. The largest absolute Gasteiger partial charge is 3.00 e. The van der Waals surface area contributed by atoms with E-state index in [4.69, 9.17) is 9.47 Å². The van der Waals surface area contributed by atoms with Crippen LogP contribution in [0.25, 0.3) is 66.1 Å². The van der Waals surface area contributed by atoms with Crippen LogP contribution in [-0.2, 0) is 33.2 Å². The van der Waals surface area contributed by atoms with E-state index in [-0.39, 0.29) is 59.6 Å². The first-order chi connectivity index (χ1) is 36.9. The van der Waals surface area contributed by atoms with Crippen LogP contribution in [0.5, 0.6) is 11.5 Å². The molecule has 0 saturated carbocycles. The van der Waals surface area contributed by atoms with E-state index in [9.17, 15) is 29.2 Å². The Bertz CT molecular complexity index is 3510. The van der Waals surface area contributed by atoms with Crippen LogP contribution in [0.3, 0.4) is 0 Å². The molecule has 0 aliphatic heterocycles. The van der Waals surface area contributed by atoms with Crippen molar-refractivity contribution in [2.45, 2.75) is 38.8 Å². The predicted molar refractivity (Wildman–Crippen MR) is 283 cm³/mol. The number of nitriles is 2. The first kappa shape index (κ1) is 53.2. The van der Waals surface area contributed by atoms with E-state index >= 15 is 0 Å². The number of nitrogens with zero attached hydrogens (tertiary/aromatic N) is 7. The SMILES string of the molecule is N#Cc1c(OCCCCn2c3ccccc3c3ccccc32)c[c-]c(-c2ccccn2)c1F.N#Cc1c(OCCCCn2c3ccccc3c3ccccc32)c[c-]c(-c2ccccn2)c1F.O=C([O-])c1ccccn1.[Ir+3]. The maximum atomic E-state index is 14.9. The number of hydrogen-bond donors (Lipinski definition) is 0. The predicted octanol–water partition coefficient (Wildman–Crippen LogP) is 12.5.